The van der Waals surface area contributed by atoms with Gasteiger partial charge in [0.2, 0.25) is 0 Å². The molecule has 0 aliphatic carbocycles. The molecule has 0 bridgehead atoms. The molecule has 1 atom stereocenters. The van der Waals surface area contributed by atoms with E-state index in [-0.39, 0.29) is 10.8 Å². The minimum Gasteiger partial charge on any atom is -0.465 e. The maximum absolute atomic E-state index is 11.4. The van der Waals surface area contributed by atoms with Crippen LogP contribution in [0, 0.1) is 0 Å². The summed E-state index contributed by atoms with van der Waals surface area (Å²) >= 11 is 3.34. The number of carbonyl (C=O) groups is 1. The van der Waals surface area contributed by atoms with Crippen molar-refractivity contribution in [3.05, 3.63) is 0 Å². The minimum atomic E-state index is -0.114. The normalized spacial score (nSPS) is 12.4. The Hall–Kier alpha value is -0.0500. The van der Waals surface area contributed by atoms with Crippen molar-refractivity contribution in [2.75, 3.05) is 6.61 Å². The fourth-order valence-corrected chi connectivity index (χ4v) is 2.28. The van der Waals surface area contributed by atoms with Crippen LogP contribution in [0.4, 0.5) is 0 Å². The summed E-state index contributed by atoms with van der Waals surface area (Å²) in [4.78, 5) is 11.3. The molecule has 0 aromatic heterocycles. The summed E-state index contributed by atoms with van der Waals surface area (Å²) in [6, 6.07) is 0. The van der Waals surface area contributed by atoms with Crippen molar-refractivity contribution in [3.63, 3.8) is 0 Å². The van der Waals surface area contributed by atoms with Crippen molar-refractivity contribution in [1.29, 1.82) is 0 Å². The van der Waals surface area contributed by atoms with Gasteiger partial charge in [-0.3, -0.25) is 4.79 Å². The topological polar surface area (TPSA) is 26.3 Å². The van der Waals surface area contributed by atoms with E-state index < -0.39 is 0 Å². The summed E-state index contributed by atoms with van der Waals surface area (Å²) < 4.78 is 5.20. The summed E-state index contributed by atoms with van der Waals surface area (Å²) in [5, 5.41) is 0. The highest BCUT2D eigenvalue weighted by Gasteiger charge is 2.14. The van der Waals surface area contributed by atoms with Gasteiger partial charge in [0, 0.05) is 0 Å². The molecule has 0 fully saturated rings. The van der Waals surface area contributed by atoms with Crippen molar-refractivity contribution in [3.8, 4) is 0 Å². The second-order valence-corrected chi connectivity index (χ2v) is 5.65. The Morgan fingerprint density at radius 3 is 2.18 bits per heavy atom. The number of ether oxygens (including phenoxy) is 1. The van der Waals surface area contributed by atoms with Crippen LogP contribution >= 0.6 is 15.9 Å². The number of alkyl halides is 1. The molecule has 0 aliphatic rings. The molecule has 3 heteroatoms. The molecule has 0 heterocycles. The van der Waals surface area contributed by atoms with Gasteiger partial charge in [-0.25, -0.2) is 0 Å². The van der Waals surface area contributed by atoms with E-state index in [1.165, 1.54) is 38.5 Å². The van der Waals surface area contributed by atoms with Gasteiger partial charge in [0.15, 0.2) is 0 Å². The van der Waals surface area contributed by atoms with E-state index in [9.17, 15) is 4.79 Å². The summed E-state index contributed by atoms with van der Waals surface area (Å²) in [6.45, 7) is 4.88. The second kappa shape index (κ2) is 12.4. The molecule has 2 nitrogen and oxygen atoms in total. The summed E-state index contributed by atoms with van der Waals surface area (Å²) in [7, 11) is 0. The van der Waals surface area contributed by atoms with Gasteiger partial charge in [-0.2, -0.15) is 0 Å². The van der Waals surface area contributed by atoms with Crippen molar-refractivity contribution in [1.82, 2.24) is 0 Å². The molecule has 0 radical (unpaired) electrons. The fourth-order valence-electron chi connectivity index (χ4n) is 1.69. The number of carbonyl (C=O) groups excluding carboxylic acids is 1. The Morgan fingerprint density at radius 1 is 1.00 bits per heavy atom. The molecule has 0 rings (SSSR count). The standard InChI is InChI=1S/C14H27BrO2/c1-3-5-6-7-8-9-10-12-17-14(16)13(15)11-4-2/h13H,3-12H2,1-2H3. The molecule has 0 N–H and O–H groups in total. The maximum atomic E-state index is 11.4. The minimum absolute atomic E-state index is 0.0992. The number of rotatable bonds is 11. The van der Waals surface area contributed by atoms with Crippen LogP contribution in [-0.4, -0.2) is 17.4 Å². The van der Waals surface area contributed by atoms with Gasteiger partial charge in [0.1, 0.15) is 4.83 Å². The molecule has 0 saturated carbocycles. The van der Waals surface area contributed by atoms with E-state index in [0.29, 0.717) is 6.61 Å². The predicted octanol–water partition coefficient (Wildman–Crippen LogP) is 4.84. The first kappa shape index (κ1) is 16.9. The third kappa shape index (κ3) is 10.8. The summed E-state index contributed by atoms with van der Waals surface area (Å²) in [6.07, 6.45) is 10.6. The van der Waals surface area contributed by atoms with Crippen molar-refractivity contribution in [2.45, 2.75) is 76.5 Å². The average Bonchev–Trinajstić information content (AvgIpc) is 2.32. The first-order chi connectivity index (χ1) is 8.22. The van der Waals surface area contributed by atoms with Crippen LogP contribution in [0.5, 0.6) is 0 Å². The van der Waals surface area contributed by atoms with Crippen molar-refractivity contribution >= 4 is 21.9 Å². The highest BCUT2D eigenvalue weighted by Crippen LogP contribution is 2.11. The molecular weight excluding hydrogens is 280 g/mol. The van der Waals surface area contributed by atoms with Gasteiger partial charge in [-0.1, -0.05) is 74.7 Å². The average molecular weight is 307 g/mol. The quantitative estimate of drug-likeness (QED) is 0.310. The van der Waals surface area contributed by atoms with Crippen LogP contribution in [0.1, 0.15) is 71.6 Å². The molecule has 0 amide bonds. The molecular formula is C14H27BrO2. The Morgan fingerprint density at radius 2 is 1.59 bits per heavy atom. The molecule has 0 saturated heterocycles. The molecule has 0 aliphatic heterocycles. The zero-order valence-electron chi connectivity index (χ0n) is 11.3. The Balaban J connectivity index is 3.24. The molecule has 102 valence electrons. The Kier molecular flexibility index (Phi) is 12.4. The molecule has 0 spiro atoms. The van der Waals surface area contributed by atoms with E-state index in [1.54, 1.807) is 0 Å². The zero-order valence-corrected chi connectivity index (χ0v) is 12.9. The third-order valence-electron chi connectivity index (χ3n) is 2.79. The molecule has 17 heavy (non-hydrogen) atoms. The zero-order chi connectivity index (χ0) is 12.9. The van der Waals surface area contributed by atoms with Crippen molar-refractivity contribution < 1.29 is 9.53 Å². The van der Waals surface area contributed by atoms with E-state index in [4.69, 9.17) is 4.74 Å². The van der Waals surface area contributed by atoms with Crippen LogP contribution in [0.3, 0.4) is 0 Å². The van der Waals surface area contributed by atoms with Gasteiger partial charge in [0.25, 0.3) is 0 Å². The van der Waals surface area contributed by atoms with Gasteiger partial charge < -0.3 is 4.74 Å². The lowest BCUT2D eigenvalue weighted by molar-refractivity contribution is -0.143. The number of halogens is 1. The van der Waals surface area contributed by atoms with Crippen LogP contribution in [0.15, 0.2) is 0 Å². The lowest BCUT2D eigenvalue weighted by atomic mass is 10.1. The fraction of sp³-hybridized carbons (Fsp3) is 0.929. The van der Waals surface area contributed by atoms with Gasteiger partial charge in [-0.15, -0.1) is 0 Å². The van der Waals surface area contributed by atoms with Crippen LogP contribution in [-0.2, 0) is 9.53 Å². The third-order valence-corrected chi connectivity index (χ3v) is 3.62. The Labute approximate surface area is 115 Å². The lowest BCUT2D eigenvalue weighted by Gasteiger charge is -2.08. The van der Waals surface area contributed by atoms with Crippen LogP contribution in [0.25, 0.3) is 0 Å². The van der Waals surface area contributed by atoms with E-state index in [2.05, 4.69) is 29.8 Å². The molecule has 0 aromatic rings. The first-order valence-corrected chi connectivity index (χ1v) is 7.94. The largest absolute Gasteiger partial charge is 0.465 e. The van der Waals surface area contributed by atoms with Gasteiger partial charge >= 0.3 is 5.97 Å². The van der Waals surface area contributed by atoms with Gasteiger partial charge in [-0.05, 0) is 12.8 Å². The summed E-state index contributed by atoms with van der Waals surface area (Å²) in [5.41, 5.74) is 0. The number of unbranched alkanes of at least 4 members (excludes halogenated alkanes) is 6. The first-order valence-electron chi connectivity index (χ1n) is 7.03. The lowest BCUT2D eigenvalue weighted by Crippen LogP contribution is -2.17. The maximum Gasteiger partial charge on any atom is 0.319 e. The Bertz CT molecular complexity index is 183. The predicted molar refractivity (Wildman–Crippen MR) is 76.6 cm³/mol. The summed E-state index contributed by atoms with van der Waals surface area (Å²) in [5.74, 6) is -0.0992. The van der Waals surface area contributed by atoms with E-state index >= 15 is 0 Å². The second-order valence-electron chi connectivity index (χ2n) is 4.55. The van der Waals surface area contributed by atoms with E-state index in [0.717, 1.165) is 19.3 Å². The molecule has 1 unspecified atom stereocenters. The van der Waals surface area contributed by atoms with Crippen LogP contribution in [0.2, 0.25) is 0 Å². The smallest absolute Gasteiger partial charge is 0.319 e. The SMILES string of the molecule is CCCCCCCCCOC(=O)C(Br)CCC. The monoisotopic (exact) mass is 306 g/mol. The highest BCUT2D eigenvalue weighted by molar-refractivity contribution is 9.10. The highest BCUT2D eigenvalue weighted by atomic mass is 79.9. The van der Waals surface area contributed by atoms with Crippen LogP contribution < -0.4 is 0 Å². The number of hydrogen-bond acceptors (Lipinski definition) is 2. The number of esters is 1. The molecule has 0 aromatic carbocycles. The van der Waals surface area contributed by atoms with Gasteiger partial charge in [0.05, 0.1) is 6.61 Å². The number of hydrogen-bond donors (Lipinski definition) is 0. The van der Waals surface area contributed by atoms with Crippen molar-refractivity contribution in [2.24, 2.45) is 0 Å². The van der Waals surface area contributed by atoms with E-state index in [1.807, 2.05) is 0 Å².